The van der Waals surface area contributed by atoms with Gasteiger partial charge in [-0.3, -0.25) is 24.1 Å². The molecule has 0 radical (unpaired) electrons. The fraction of sp³-hybridized carbons (Fsp3) is 0.852. The third-order valence-corrected chi connectivity index (χ3v) is 7.95. The van der Waals surface area contributed by atoms with Gasteiger partial charge < -0.3 is 51.7 Å². The van der Waals surface area contributed by atoms with Crippen LogP contribution in [0.5, 0.6) is 0 Å². The van der Waals surface area contributed by atoms with Gasteiger partial charge in [-0.2, -0.15) is 0 Å². The number of amides is 2. The van der Waals surface area contributed by atoms with Gasteiger partial charge in [0.1, 0.15) is 37.0 Å². The van der Waals surface area contributed by atoms with E-state index in [4.69, 9.17) is 36.1 Å². The Balaban J connectivity index is 2.28. The van der Waals surface area contributed by atoms with E-state index < -0.39 is 90.8 Å². The Morgan fingerprint density at radius 2 is 1.76 bits per heavy atom. The van der Waals surface area contributed by atoms with Crippen molar-refractivity contribution >= 4 is 23.8 Å². The van der Waals surface area contributed by atoms with Crippen molar-refractivity contribution in [1.82, 2.24) is 10.2 Å². The molecule has 0 spiro atoms. The predicted octanol–water partition coefficient (Wildman–Crippen LogP) is -2.08. The summed E-state index contributed by atoms with van der Waals surface area (Å²) in [4.78, 5) is 51.0. The first-order chi connectivity index (χ1) is 19.4. The number of carbonyl (C=O) groups is 4. The van der Waals surface area contributed by atoms with Crippen molar-refractivity contribution in [1.29, 1.82) is 0 Å². The van der Waals surface area contributed by atoms with Crippen LogP contribution in [0.15, 0.2) is 0 Å². The molecule has 2 saturated heterocycles. The highest BCUT2D eigenvalue weighted by Gasteiger charge is 2.58. The molecule has 0 aromatic carbocycles. The molecule has 10 atom stereocenters. The zero-order valence-corrected chi connectivity index (χ0v) is 25.5. The molecule has 0 saturated carbocycles. The quantitative estimate of drug-likeness (QED) is 0.124. The fourth-order valence-electron chi connectivity index (χ4n) is 5.81. The standard InChI is InChI=1S/C27H49N5O10/c1-12(2)8-17(28)25(37)40-11-19-21(34)22(20(26(38)42-19)31-15(6)33)41-14(5)10-32-18(23(29)35)9-16(24(36)39-7)27(32,30)13(3)4/h12-14,16-22,26,34,38H,8-11,28,30H2,1-7H3,(H2,29,35)(H,31,33)/t14?,16?,17-,18+,19+,20+,21+,22+,26-,27?/m0/s1. The molecule has 2 amide bonds. The maximum Gasteiger partial charge on any atom is 0.323 e. The third-order valence-electron chi connectivity index (χ3n) is 7.95. The molecule has 15 nitrogen and oxygen atoms in total. The van der Waals surface area contributed by atoms with Crippen molar-refractivity contribution in [2.75, 3.05) is 20.3 Å². The molecular weight excluding hydrogens is 554 g/mol. The molecule has 0 aromatic rings. The van der Waals surface area contributed by atoms with E-state index in [9.17, 15) is 29.4 Å². The van der Waals surface area contributed by atoms with Crippen LogP contribution in [0, 0.1) is 17.8 Å². The number of hydrogen-bond acceptors (Lipinski definition) is 13. The van der Waals surface area contributed by atoms with Crippen molar-refractivity contribution in [2.45, 2.75) is 109 Å². The van der Waals surface area contributed by atoms with Crippen LogP contribution in [-0.4, -0.2) is 114 Å². The monoisotopic (exact) mass is 603 g/mol. The van der Waals surface area contributed by atoms with Crippen LogP contribution in [-0.2, 0) is 38.1 Å². The minimum Gasteiger partial charge on any atom is -0.469 e. The highest BCUT2D eigenvalue weighted by atomic mass is 16.6. The number of aliphatic hydroxyl groups is 2. The van der Waals surface area contributed by atoms with Gasteiger partial charge in [0.25, 0.3) is 0 Å². The number of nitrogens with zero attached hydrogens (tertiary/aromatic N) is 1. The largest absolute Gasteiger partial charge is 0.469 e. The van der Waals surface area contributed by atoms with E-state index in [2.05, 4.69) is 5.32 Å². The van der Waals surface area contributed by atoms with Gasteiger partial charge in [0, 0.05) is 13.5 Å². The van der Waals surface area contributed by atoms with E-state index in [1.54, 1.807) is 11.8 Å². The Labute approximate surface area is 246 Å². The van der Waals surface area contributed by atoms with Crippen molar-refractivity contribution in [2.24, 2.45) is 35.0 Å². The van der Waals surface area contributed by atoms with Crippen molar-refractivity contribution in [3.8, 4) is 0 Å². The number of rotatable bonds is 13. The highest BCUT2D eigenvalue weighted by molar-refractivity contribution is 5.83. The molecule has 9 N–H and O–H groups in total. The van der Waals surface area contributed by atoms with E-state index in [1.807, 2.05) is 27.7 Å². The van der Waals surface area contributed by atoms with Gasteiger partial charge in [-0.1, -0.05) is 27.7 Å². The molecule has 3 unspecified atom stereocenters. The third kappa shape index (κ3) is 8.15. The summed E-state index contributed by atoms with van der Waals surface area (Å²) in [5, 5.41) is 24.5. The summed E-state index contributed by atoms with van der Waals surface area (Å²) in [6, 6.07) is -2.98. The smallest absolute Gasteiger partial charge is 0.323 e. The highest BCUT2D eigenvalue weighted by Crippen LogP contribution is 2.41. The molecule has 42 heavy (non-hydrogen) atoms. The Morgan fingerprint density at radius 1 is 1.14 bits per heavy atom. The van der Waals surface area contributed by atoms with Crippen molar-refractivity contribution in [3.05, 3.63) is 0 Å². The number of nitrogens with one attached hydrogen (secondary N) is 1. The van der Waals surface area contributed by atoms with Crippen molar-refractivity contribution < 1.29 is 48.3 Å². The van der Waals surface area contributed by atoms with Crippen LogP contribution >= 0.6 is 0 Å². The summed E-state index contributed by atoms with van der Waals surface area (Å²) in [5.41, 5.74) is 17.1. The van der Waals surface area contributed by atoms with E-state index in [1.165, 1.54) is 14.0 Å². The second-order valence-electron chi connectivity index (χ2n) is 12.0. The molecule has 15 heteroatoms. The maximum absolute atomic E-state index is 12.6. The topological polar surface area (TPSA) is 239 Å². The minimum absolute atomic E-state index is 0.00749. The van der Waals surface area contributed by atoms with Gasteiger partial charge >= 0.3 is 11.9 Å². The lowest BCUT2D eigenvalue weighted by Crippen LogP contribution is -2.67. The lowest BCUT2D eigenvalue weighted by Gasteiger charge is -2.46. The number of hydrogen-bond donors (Lipinski definition) is 6. The van der Waals surface area contributed by atoms with Gasteiger partial charge in [0.2, 0.25) is 11.8 Å². The molecule has 0 aliphatic carbocycles. The minimum atomic E-state index is -1.62. The lowest BCUT2D eigenvalue weighted by molar-refractivity contribution is -0.270. The Morgan fingerprint density at radius 3 is 2.26 bits per heavy atom. The number of ether oxygens (including phenoxy) is 4. The molecule has 0 aromatic heterocycles. The molecule has 2 rings (SSSR count). The normalized spacial score (nSPS) is 33.3. The molecule has 2 aliphatic rings. The maximum atomic E-state index is 12.6. The summed E-state index contributed by atoms with van der Waals surface area (Å²) < 4.78 is 21.9. The van der Waals surface area contributed by atoms with Gasteiger partial charge in [-0.25, -0.2) is 0 Å². The molecule has 0 bridgehead atoms. The number of methoxy groups -OCH3 is 1. The molecule has 242 valence electrons. The van der Waals surface area contributed by atoms with Crippen LogP contribution in [0.3, 0.4) is 0 Å². The number of aliphatic hydroxyl groups excluding tert-OH is 2. The Bertz CT molecular complexity index is 968. The van der Waals surface area contributed by atoms with E-state index >= 15 is 0 Å². The summed E-state index contributed by atoms with van der Waals surface area (Å²) in [6.45, 7) is 9.86. The van der Waals surface area contributed by atoms with Gasteiger partial charge in [0.05, 0.1) is 30.8 Å². The van der Waals surface area contributed by atoms with Gasteiger partial charge in [-0.05, 0) is 31.6 Å². The zero-order chi connectivity index (χ0) is 32.1. The van der Waals surface area contributed by atoms with Gasteiger partial charge in [0.15, 0.2) is 6.29 Å². The summed E-state index contributed by atoms with van der Waals surface area (Å²) in [7, 11) is 1.24. The van der Waals surface area contributed by atoms with Crippen LogP contribution in [0.4, 0.5) is 0 Å². The predicted molar refractivity (Wildman–Crippen MR) is 149 cm³/mol. The van der Waals surface area contributed by atoms with E-state index in [0.29, 0.717) is 6.42 Å². The number of carbonyl (C=O) groups excluding carboxylic acids is 4. The lowest BCUT2D eigenvalue weighted by atomic mass is 9.84. The average Bonchev–Trinajstić information content (AvgIpc) is 3.19. The Hall–Kier alpha value is -2.40. The fourth-order valence-corrected chi connectivity index (χ4v) is 5.81. The molecular formula is C27H49N5O10. The summed E-state index contributed by atoms with van der Waals surface area (Å²) in [5.74, 6) is -3.48. The van der Waals surface area contributed by atoms with Crippen LogP contribution < -0.4 is 22.5 Å². The number of nitrogens with two attached hydrogens (primary N) is 3. The van der Waals surface area contributed by atoms with E-state index in [0.717, 1.165) is 0 Å². The second kappa shape index (κ2) is 14.9. The number of esters is 2. The Kier molecular flexibility index (Phi) is 12.7. The average molecular weight is 604 g/mol. The van der Waals surface area contributed by atoms with E-state index in [-0.39, 0.29) is 24.8 Å². The van der Waals surface area contributed by atoms with Crippen LogP contribution in [0.25, 0.3) is 0 Å². The number of primary amides is 1. The molecule has 2 aliphatic heterocycles. The summed E-state index contributed by atoms with van der Waals surface area (Å²) >= 11 is 0. The zero-order valence-electron chi connectivity index (χ0n) is 25.5. The van der Waals surface area contributed by atoms with Crippen molar-refractivity contribution in [3.63, 3.8) is 0 Å². The molecule has 2 heterocycles. The second-order valence-corrected chi connectivity index (χ2v) is 12.0. The van der Waals surface area contributed by atoms with Crippen LogP contribution in [0.2, 0.25) is 0 Å². The van der Waals surface area contributed by atoms with Gasteiger partial charge in [-0.15, -0.1) is 0 Å². The first-order valence-electron chi connectivity index (χ1n) is 14.2. The first-order valence-corrected chi connectivity index (χ1v) is 14.2. The number of likely N-dealkylation sites (tertiary alicyclic amines) is 1. The first kappa shape index (κ1) is 35.8. The molecule has 2 fully saturated rings. The SMILES string of the molecule is COC(=O)C1C[C@H](C(N)=O)N(CC(C)O[C@H]2[C@H](O)[C@@H](COC(=O)[C@@H](N)CC(C)C)O[C@H](O)[C@@H]2NC(C)=O)C1(N)C(C)C. The summed E-state index contributed by atoms with van der Waals surface area (Å²) in [6.07, 6.45) is -5.89. The van der Waals surface area contributed by atoms with Crippen LogP contribution in [0.1, 0.15) is 54.4 Å².